The van der Waals surface area contributed by atoms with Crippen LogP contribution in [0.15, 0.2) is 60.7 Å². The summed E-state index contributed by atoms with van der Waals surface area (Å²) < 4.78 is 18.7. The minimum atomic E-state index is -0.270. The van der Waals surface area contributed by atoms with Crippen LogP contribution in [-0.4, -0.2) is 42.5 Å². The summed E-state index contributed by atoms with van der Waals surface area (Å²) in [4.78, 5) is 17.6. The highest BCUT2D eigenvalue weighted by molar-refractivity contribution is 5.79. The minimum absolute atomic E-state index is 0.0908. The first-order chi connectivity index (χ1) is 15.6. The molecule has 0 aromatic heterocycles. The highest BCUT2D eigenvalue weighted by Gasteiger charge is 2.26. The van der Waals surface area contributed by atoms with Crippen LogP contribution in [0, 0.1) is 5.82 Å². The van der Waals surface area contributed by atoms with Gasteiger partial charge in [-0.2, -0.15) is 0 Å². The number of carbonyl (C=O) groups is 1. The Hall–Kier alpha value is -2.66. The third-order valence-electron chi connectivity index (χ3n) is 6.00. The summed E-state index contributed by atoms with van der Waals surface area (Å²) in [6.45, 7) is 4.75. The van der Waals surface area contributed by atoms with Gasteiger partial charge in [0, 0.05) is 13.1 Å². The molecule has 4 nitrogen and oxygen atoms in total. The molecular weight excluding hydrogens is 403 g/mol. The summed E-state index contributed by atoms with van der Waals surface area (Å²) in [5, 5.41) is 0. The first-order valence-electron chi connectivity index (χ1n) is 11.7. The van der Waals surface area contributed by atoms with Gasteiger partial charge >= 0.3 is 0 Å². The lowest BCUT2D eigenvalue weighted by Gasteiger charge is -2.34. The highest BCUT2D eigenvalue weighted by atomic mass is 19.1. The number of hydrogen-bond donors (Lipinski definition) is 0. The number of unbranched alkanes of at least 4 members (excludes halogenated alkanes) is 4. The molecule has 2 aromatic rings. The van der Waals surface area contributed by atoms with E-state index in [1.54, 1.807) is 19.2 Å². The normalized spacial score (nSPS) is 18.3. The maximum absolute atomic E-state index is 13.4. The van der Waals surface area contributed by atoms with Gasteiger partial charge in [0.25, 0.3) is 0 Å². The van der Waals surface area contributed by atoms with Crippen molar-refractivity contribution in [2.45, 2.75) is 51.6 Å². The van der Waals surface area contributed by atoms with E-state index in [2.05, 4.69) is 24.0 Å². The molecule has 0 fully saturated rings. The van der Waals surface area contributed by atoms with Gasteiger partial charge in [-0.1, -0.05) is 69.0 Å². The van der Waals surface area contributed by atoms with Gasteiger partial charge in [-0.15, -0.1) is 0 Å². The average Bonchev–Trinajstić information content (AvgIpc) is 2.80. The van der Waals surface area contributed by atoms with E-state index in [0.29, 0.717) is 13.1 Å². The SMILES string of the molecule is CCCCCCCN1C/C=C\[C@H](c2ccc(OC)cc2)N(Cc2ccc(F)cc2)C(=O)C1. The Morgan fingerprint density at radius 2 is 1.72 bits per heavy atom. The quantitative estimate of drug-likeness (QED) is 0.350. The molecule has 32 heavy (non-hydrogen) atoms. The Morgan fingerprint density at radius 1 is 1.00 bits per heavy atom. The van der Waals surface area contributed by atoms with Crippen molar-refractivity contribution in [1.82, 2.24) is 9.80 Å². The van der Waals surface area contributed by atoms with Crippen molar-refractivity contribution in [1.29, 1.82) is 0 Å². The molecule has 0 bridgehead atoms. The number of nitrogens with zero attached hydrogens (tertiary/aromatic N) is 2. The van der Waals surface area contributed by atoms with E-state index in [1.807, 2.05) is 29.2 Å². The van der Waals surface area contributed by atoms with Gasteiger partial charge in [0.05, 0.1) is 19.7 Å². The van der Waals surface area contributed by atoms with Crippen LogP contribution in [0.25, 0.3) is 0 Å². The van der Waals surface area contributed by atoms with Gasteiger partial charge in [-0.05, 0) is 48.4 Å². The van der Waals surface area contributed by atoms with E-state index in [-0.39, 0.29) is 17.8 Å². The molecule has 1 aliphatic heterocycles. The molecule has 5 heteroatoms. The Labute approximate surface area is 191 Å². The number of ether oxygens (including phenoxy) is 1. The molecule has 0 spiro atoms. The number of benzene rings is 2. The predicted octanol–water partition coefficient (Wildman–Crippen LogP) is 5.75. The molecule has 0 unspecified atom stereocenters. The fourth-order valence-electron chi connectivity index (χ4n) is 4.12. The lowest BCUT2D eigenvalue weighted by molar-refractivity contribution is -0.134. The predicted molar refractivity (Wildman–Crippen MR) is 127 cm³/mol. The smallest absolute Gasteiger partial charge is 0.237 e. The van der Waals surface area contributed by atoms with Crippen molar-refractivity contribution in [3.63, 3.8) is 0 Å². The third-order valence-corrected chi connectivity index (χ3v) is 6.00. The summed E-state index contributed by atoms with van der Waals surface area (Å²) in [6.07, 6.45) is 10.4. The summed E-state index contributed by atoms with van der Waals surface area (Å²) in [5.41, 5.74) is 1.95. The molecule has 1 atom stereocenters. The zero-order chi connectivity index (χ0) is 22.8. The summed E-state index contributed by atoms with van der Waals surface area (Å²) >= 11 is 0. The van der Waals surface area contributed by atoms with Crippen LogP contribution >= 0.6 is 0 Å². The number of rotatable bonds is 10. The molecule has 0 saturated carbocycles. The summed E-state index contributed by atoms with van der Waals surface area (Å²) in [7, 11) is 1.64. The second-order valence-corrected chi connectivity index (χ2v) is 8.44. The number of carbonyl (C=O) groups excluding carboxylic acids is 1. The van der Waals surface area contributed by atoms with Crippen LogP contribution in [0.1, 0.15) is 56.2 Å². The van der Waals surface area contributed by atoms with Crippen LogP contribution in [0.2, 0.25) is 0 Å². The van der Waals surface area contributed by atoms with Gasteiger partial charge in [0.15, 0.2) is 0 Å². The lowest BCUT2D eigenvalue weighted by Crippen LogP contribution is -2.43. The minimum Gasteiger partial charge on any atom is -0.497 e. The number of methoxy groups -OCH3 is 1. The molecule has 1 aliphatic rings. The summed E-state index contributed by atoms with van der Waals surface area (Å²) in [6, 6.07) is 14.1. The number of hydrogen-bond acceptors (Lipinski definition) is 3. The van der Waals surface area contributed by atoms with Crippen molar-refractivity contribution >= 4 is 5.91 Å². The van der Waals surface area contributed by atoms with Gasteiger partial charge in [0.2, 0.25) is 5.91 Å². The van der Waals surface area contributed by atoms with E-state index in [9.17, 15) is 9.18 Å². The standard InChI is InChI=1S/C27H35FN2O2/c1-3-4-5-6-7-18-29-19-8-9-26(23-12-16-25(32-2)17-13-23)30(27(31)21-29)20-22-10-14-24(28)15-11-22/h8-17,26H,3-7,18-21H2,1-2H3/b9-8-/t26-/m1/s1. The molecule has 0 aliphatic carbocycles. The van der Waals surface area contributed by atoms with Crippen LogP contribution in [-0.2, 0) is 11.3 Å². The maximum atomic E-state index is 13.4. The first-order valence-corrected chi connectivity index (χ1v) is 11.7. The monoisotopic (exact) mass is 438 g/mol. The van der Waals surface area contributed by atoms with Crippen molar-refractivity contribution in [3.8, 4) is 5.75 Å². The topological polar surface area (TPSA) is 32.8 Å². The van der Waals surface area contributed by atoms with E-state index in [0.717, 1.165) is 36.4 Å². The van der Waals surface area contributed by atoms with Gasteiger partial charge in [0.1, 0.15) is 11.6 Å². The lowest BCUT2D eigenvalue weighted by atomic mass is 10.0. The Morgan fingerprint density at radius 3 is 2.41 bits per heavy atom. The van der Waals surface area contributed by atoms with Crippen molar-refractivity contribution in [3.05, 3.63) is 77.6 Å². The van der Waals surface area contributed by atoms with E-state index in [1.165, 1.54) is 37.8 Å². The van der Waals surface area contributed by atoms with Crippen LogP contribution in [0.5, 0.6) is 5.75 Å². The Bertz CT molecular complexity index is 864. The average molecular weight is 439 g/mol. The van der Waals surface area contributed by atoms with Crippen LogP contribution < -0.4 is 4.74 Å². The molecule has 3 rings (SSSR count). The zero-order valence-electron chi connectivity index (χ0n) is 19.3. The summed E-state index contributed by atoms with van der Waals surface area (Å²) in [5.74, 6) is 0.607. The number of amides is 1. The molecule has 1 heterocycles. The Balaban J connectivity index is 1.79. The fourth-order valence-corrected chi connectivity index (χ4v) is 4.12. The second-order valence-electron chi connectivity index (χ2n) is 8.44. The van der Waals surface area contributed by atoms with Crippen LogP contribution in [0.4, 0.5) is 4.39 Å². The molecule has 0 N–H and O–H groups in total. The largest absolute Gasteiger partial charge is 0.497 e. The third kappa shape index (κ3) is 6.92. The highest BCUT2D eigenvalue weighted by Crippen LogP contribution is 2.28. The van der Waals surface area contributed by atoms with Gasteiger partial charge < -0.3 is 9.64 Å². The molecule has 1 amide bonds. The second kappa shape index (κ2) is 12.4. The molecule has 0 radical (unpaired) electrons. The van der Waals surface area contributed by atoms with Gasteiger partial charge in [-0.3, -0.25) is 9.69 Å². The van der Waals surface area contributed by atoms with Crippen molar-refractivity contribution in [2.75, 3.05) is 26.7 Å². The molecular formula is C27H35FN2O2. The molecule has 2 aromatic carbocycles. The van der Waals surface area contributed by atoms with E-state index < -0.39 is 0 Å². The Kier molecular flexibility index (Phi) is 9.29. The van der Waals surface area contributed by atoms with Crippen molar-refractivity contribution in [2.24, 2.45) is 0 Å². The van der Waals surface area contributed by atoms with E-state index in [4.69, 9.17) is 4.74 Å². The number of halogens is 1. The molecule has 172 valence electrons. The molecule has 0 saturated heterocycles. The van der Waals surface area contributed by atoms with E-state index >= 15 is 0 Å². The van der Waals surface area contributed by atoms with Crippen LogP contribution in [0.3, 0.4) is 0 Å². The van der Waals surface area contributed by atoms with Gasteiger partial charge in [-0.25, -0.2) is 4.39 Å². The van der Waals surface area contributed by atoms with Crippen molar-refractivity contribution < 1.29 is 13.9 Å². The zero-order valence-corrected chi connectivity index (χ0v) is 19.3. The maximum Gasteiger partial charge on any atom is 0.237 e. The fraction of sp³-hybridized carbons (Fsp3) is 0.444. The first kappa shape index (κ1) is 24.0.